The van der Waals surface area contributed by atoms with Crippen molar-refractivity contribution in [2.75, 3.05) is 0 Å². The number of benzene rings is 2. The molecule has 0 amide bonds. The SMILES string of the molecule is O=C(c1ccc(F)cc1)c1cc(Br)cc2cc[nH]c12. The highest BCUT2D eigenvalue weighted by atomic mass is 79.9. The van der Waals surface area contributed by atoms with Gasteiger partial charge >= 0.3 is 0 Å². The van der Waals surface area contributed by atoms with E-state index < -0.39 is 0 Å². The van der Waals surface area contributed by atoms with Crippen LogP contribution in [0.25, 0.3) is 10.9 Å². The van der Waals surface area contributed by atoms with Gasteiger partial charge in [-0.2, -0.15) is 0 Å². The van der Waals surface area contributed by atoms with E-state index in [0.29, 0.717) is 11.1 Å². The van der Waals surface area contributed by atoms with Crippen LogP contribution in [0.4, 0.5) is 4.39 Å². The molecular formula is C15H9BrFNO. The number of ketones is 1. The molecule has 4 heteroatoms. The van der Waals surface area contributed by atoms with Gasteiger partial charge in [0.1, 0.15) is 5.82 Å². The minimum absolute atomic E-state index is 0.131. The largest absolute Gasteiger partial charge is 0.361 e. The van der Waals surface area contributed by atoms with Gasteiger partial charge in [-0.15, -0.1) is 0 Å². The molecule has 0 fully saturated rings. The second-order valence-electron chi connectivity index (χ2n) is 4.23. The van der Waals surface area contributed by atoms with Crippen molar-refractivity contribution >= 4 is 32.6 Å². The summed E-state index contributed by atoms with van der Waals surface area (Å²) in [7, 11) is 0. The lowest BCUT2D eigenvalue weighted by atomic mass is 10.0. The van der Waals surface area contributed by atoms with Crippen LogP contribution in [-0.4, -0.2) is 10.8 Å². The predicted molar refractivity (Wildman–Crippen MR) is 75.8 cm³/mol. The number of nitrogens with one attached hydrogen (secondary N) is 1. The first-order valence-electron chi connectivity index (χ1n) is 5.72. The molecular weight excluding hydrogens is 309 g/mol. The molecule has 0 aliphatic rings. The third kappa shape index (κ3) is 2.19. The second kappa shape index (κ2) is 4.63. The van der Waals surface area contributed by atoms with Crippen molar-refractivity contribution in [3.05, 3.63) is 70.1 Å². The maximum absolute atomic E-state index is 12.9. The number of carbonyl (C=O) groups is 1. The Hall–Kier alpha value is -1.94. The molecule has 0 atom stereocenters. The van der Waals surface area contributed by atoms with Crippen molar-refractivity contribution in [2.24, 2.45) is 0 Å². The molecule has 2 nitrogen and oxygen atoms in total. The highest BCUT2D eigenvalue weighted by Gasteiger charge is 2.14. The molecule has 0 saturated carbocycles. The van der Waals surface area contributed by atoms with Crippen LogP contribution in [0.15, 0.2) is 53.1 Å². The first-order valence-corrected chi connectivity index (χ1v) is 6.51. The molecule has 1 N–H and O–H groups in total. The van der Waals surface area contributed by atoms with Crippen LogP contribution < -0.4 is 0 Å². The maximum Gasteiger partial charge on any atom is 0.195 e. The van der Waals surface area contributed by atoms with E-state index in [4.69, 9.17) is 0 Å². The van der Waals surface area contributed by atoms with Crippen molar-refractivity contribution in [2.45, 2.75) is 0 Å². The fourth-order valence-electron chi connectivity index (χ4n) is 2.07. The zero-order valence-corrected chi connectivity index (χ0v) is 11.4. The van der Waals surface area contributed by atoms with Gasteiger partial charge < -0.3 is 4.98 Å². The first kappa shape index (κ1) is 12.1. The second-order valence-corrected chi connectivity index (χ2v) is 5.15. The van der Waals surface area contributed by atoms with Crippen LogP contribution in [0, 0.1) is 5.82 Å². The van der Waals surface area contributed by atoms with Crippen LogP contribution in [0.1, 0.15) is 15.9 Å². The normalized spacial score (nSPS) is 10.8. The Bertz CT molecular complexity index is 761. The summed E-state index contributed by atoms with van der Waals surface area (Å²) >= 11 is 3.39. The lowest BCUT2D eigenvalue weighted by Crippen LogP contribution is -2.02. The average molecular weight is 318 g/mol. The summed E-state index contributed by atoms with van der Waals surface area (Å²) < 4.78 is 13.7. The highest BCUT2D eigenvalue weighted by Crippen LogP contribution is 2.25. The van der Waals surface area contributed by atoms with Gasteiger partial charge in [0.25, 0.3) is 0 Å². The fourth-order valence-corrected chi connectivity index (χ4v) is 2.55. The lowest BCUT2D eigenvalue weighted by molar-refractivity contribution is 0.104. The summed E-state index contributed by atoms with van der Waals surface area (Å²) in [6, 6.07) is 11.2. The van der Waals surface area contributed by atoms with Gasteiger partial charge in [-0.1, -0.05) is 15.9 Å². The molecule has 0 radical (unpaired) electrons. The van der Waals surface area contributed by atoms with E-state index in [1.807, 2.05) is 12.1 Å². The van der Waals surface area contributed by atoms with Gasteiger partial charge in [-0.3, -0.25) is 4.79 Å². The average Bonchev–Trinajstić information content (AvgIpc) is 2.85. The number of aromatic amines is 1. The molecule has 0 aliphatic heterocycles. The first-order chi connectivity index (χ1) is 9.15. The molecule has 3 rings (SSSR count). The maximum atomic E-state index is 12.9. The Morgan fingerprint density at radius 2 is 1.84 bits per heavy atom. The molecule has 94 valence electrons. The number of fused-ring (bicyclic) bond motifs is 1. The molecule has 3 aromatic rings. The third-order valence-corrected chi connectivity index (χ3v) is 3.43. The predicted octanol–water partition coefficient (Wildman–Crippen LogP) is 4.30. The Morgan fingerprint density at radius 3 is 2.58 bits per heavy atom. The summed E-state index contributed by atoms with van der Waals surface area (Å²) in [4.78, 5) is 15.5. The molecule has 1 aromatic heterocycles. The van der Waals surface area contributed by atoms with E-state index >= 15 is 0 Å². The summed E-state index contributed by atoms with van der Waals surface area (Å²) in [5, 5.41) is 0.958. The third-order valence-electron chi connectivity index (χ3n) is 2.98. The summed E-state index contributed by atoms with van der Waals surface area (Å²) in [6.07, 6.45) is 1.79. The van der Waals surface area contributed by atoms with Crippen molar-refractivity contribution in [1.82, 2.24) is 4.98 Å². The van der Waals surface area contributed by atoms with E-state index in [0.717, 1.165) is 15.4 Å². The minimum atomic E-state index is -0.351. The van der Waals surface area contributed by atoms with Gasteiger partial charge in [0, 0.05) is 27.2 Å². The smallest absolute Gasteiger partial charge is 0.195 e. The summed E-state index contributed by atoms with van der Waals surface area (Å²) in [6.45, 7) is 0. The van der Waals surface area contributed by atoms with E-state index in [1.165, 1.54) is 24.3 Å². The van der Waals surface area contributed by atoms with Gasteiger partial charge in [-0.05, 0) is 42.5 Å². The van der Waals surface area contributed by atoms with Crippen LogP contribution in [0.5, 0.6) is 0 Å². The number of hydrogen-bond acceptors (Lipinski definition) is 1. The molecule has 1 heterocycles. The number of carbonyl (C=O) groups excluding carboxylic acids is 1. The van der Waals surface area contributed by atoms with E-state index in [-0.39, 0.29) is 11.6 Å². The van der Waals surface area contributed by atoms with Crippen LogP contribution >= 0.6 is 15.9 Å². The van der Waals surface area contributed by atoms with Crippen molar-refractivity contribution in [3.8, 4) is 0 Å². The number of rotatable bonds is 2. The number of aromatic nitrogens is 1. The van der Waals surface area contributed by atoms with Crippen molar-refractivity contribution in [3.63, 3.8) is 0 Å². The number of halogens is 2. The van der Waals surface area contributed by atoms with Gasteiger partial charge in [-0.25, -0.2) is 4.39 Å². The summed E-state index contributed by atoms with van der Waals surface area (Å²) in [5.74, 6) is -0.482. The van der Waals surface area contributed by atoms with Gasteiger partial charge in [0.05, 0.1) is 5.52 Å². The Kier molecular flexibility index (Phi) is 2.95. The van der Waals surface area contributed by atoms with Crippen LogP contribution in [-0.2, 0) is 0 Å². The van der Waals surface area contributed by atoms with Crippen molar-refractivity contribution < 1.29 is 9.18 Å². The van der Waals surface area contributed by atoms with Gasteiger partial charge in [0.15, 0.2) is 5.78 Å². The fraction of sp³-hybridized carbons (Fsp3) is 0. The Labute approximate surface area is 117 Å². The molecule has 0 aliphatic carbocycles. The topological polar surface area (TPSA) is 32.9 Å². The number of H-pyrrole nitrogens is 1. The van der Waals surface area contributed by atoms with E-state index in [1.54, 1.807) is 12.3 Å². The zero-order valence-electron chi connectivity index (χ0n) is 9.78. The Balaban J connectivity index is 2.15. The quantitative estimate of drug-likeness (QED) is 0.702. The minimum Gasteiger partial charge on any atom is -0.361 e. The van der Waals surface area contributed by atoms with E-state index in [2.05, 4.69) is 20.9 Å². The molecule has 0 bridgehead atoms. The molecule has 19 heavy (non-hydrogen) atoms. The Morgan fingerprint density at radius 1 is 1.11 bits per heavy atom. The lowest BCUT2D eigenvalue weighted by Gasteiger charge is -2.04. The molecule has 0 saturated heterocycles. The monoisotopic (exact) mass is 317 g/mol. The molecule has 2 aromatic carbocycles. The molecule has 0 unspecified atom stereocenters. The van der Waals surface area contributed by atoms with E-state index in [9.17, 15) is 9.18 Å². The number of hydrogen-bond donors (Lipinski definition) is 1. The highest BCUT2D eigenvalue weighted by molar-refractivity contribution is 9.10. The van der Waals surface area contributed by atoms with Gasteiger partial charge in [0.2, 0.25) is 0 Å². The van der Waals surface area contributed by atoms with Crippen LogP contribution in [0.3, 0.4) is 0 Å². The standard InChI is InChI=1S/C15H9BrFNO/c16-11-7-10-5-6-18-14(10)13(8-11)15(19)9-1-3-12(17)4-2-9/h1-8,18H. The van der Waals surface area contributed by atoms with Crippen LogP contribution in [0.2, 0.25) is 0 Å². The zero-order chi connectivity index (χ0) is 13.4. The van der Waals surface area contributed by atoms with Crippen molar-refractivity contribution in [1.29, 1.82) is 0 Å². The molecule has 0 spiro atoms. The summed E-state index contributed by atoms with van der Waals surface area (Å²) in [5.41, 5.74) is 1.83.